The Morgan fingerprint density at radius 3 is 2.57 bits per heavy atom. The van der Waals surface area contributed by atoms with Crippen LogP contribution >= 0.6 is 0 Å². The number of hydrogen-bond acceptors (Lipinski definition) is 5. The lowest BCUT2D eigenvalue weighted by atomic mass is 10.2. The number of anilines is 3. The lowest BCUT2D eigenvalue weighted by molar-refractivity contribution is 1.05. The Bertz CT molecular complexity index is 786. The molecule has 1 aromatic carbocycles. The van der Waals surface area contributed by atoms with Crippen LogP contribution < -0.4 is 10.6 Å². The van der Waals surface area contributed by atoms with Crippen LogP contribution in [-0.2, 0) is 6.54 Å². The van der Waals surface area contributed by atoms with Crippen LogP contribution in [0.3, 0.4) is 0 Å². The number of aryl methyl sites for hydroxylation is 2. The van der Waals surface area contributed by atoms with Gasteiger partial charge in [0.15, 0.2) is 0 Å². The second-order valence-electron chi connectivity index (χ2n) is 5.42. The molecule has 0 unspecified atom stereocenters. The Hall–Kier alpha value is -2.95. The highest BCUT2D eigenvalue weighted by Gasteiger charge is 2.03. The molecule has 0 spiro atoms. The predicted octanol–water partition coefficient (Wildman–Crippen LogP) is 3.84. The van der Waals surface area contributed by atoms with Crippen molar-refractivity contribution in [2.45, 2.75) is 20.4 Å². The molecule has 3 rings (SSSR count). The maximum Gasteiger partial charge on any atom is 0.229 e. The van der Waals surface area contributed by atoms with E-state index < -0.39 is 0 Å². The number of aromatic nitrogens is 3. The van der Waals surface area contributed by atoms with Crippen molar-refractivity contribution >= 4 is 17.5 Å². The summed E-state index contributed by atoms with van der Waals surface area (Å²) in [5, 5.41) is 6.57. The molecule has 0 fully saturated rings. The summed E-state index contributed by atoms with van der Waals surface area (Å²) in [6, 6.07) is 14.0. The lowest BCUT2D eigenvalue weighted by Gasteiger charge is -2.10. The van der Waals surface area contributed by atoms with Crippen LogP contribution in [0.1, 0.15) is 16.8 Å². The number of pyridine rings is 1. The number of rotatable bonds is 5. The third kappa shape index (κ3) is 4.26. The van der Waals surface area contributed by atoms with E-state index in [1.807, 2.05) is 37.3 Å². The van der Waals surface area contributed by atoms with Gasteiger partial charge in [-0.3, -0.25) is 4.98 Å². The predicted molar refractivity (Wildman–Crippen MR) is 92.8 cm³/mol. The topological polar surface area (TPSA) is 62.7 Å². The van der Waals surface area contributed by atoms with E-state index in [0.29, 0.717) is 12.5 Å². The fraction of sp³-hybridized carbons (Fsp3) is 0.167. The highest BCUT2D eigenvalue weighted by Crippen LogP contribution is 2.17. The molecule has 116 valence electrons. The average Bonchev–Trinajstić information content (AvgIpc) is 2.53. The van der Waals surface area contributed by atoms with Crippen LogP contribution in [0.15, 0.2) is 54.9 Å². The number of nitrogens with zero attached hydrogens (tertiary/aromatic N) is 3. The van der Waals surface area contributed by atoms with E-state index in [0.717, 1.165) is 22.8 Å². The van der Waals surface area contributed by atoms with Crippen LogP contribution in [-0.4, -0.2) is 15.0 Å². The van der Waals surface area contributed by atoms with E-state index in [-0.39, 0.29) is 0 Å². The zero-order chi connectivity index (χ0) is 16.1. The minimum Gasteiger partial charge on any atom is -0.366 e. The summed E-state index contributed by atoms with van der Waals surface area (Å²) in [6.45, 7) is 4.72. The summed E-state index contributed by atoms with van der Waals surface area (Å²) in [6.07, 6.45) is 3.57. The zero-order valence-electron chi connectivity index (χ0n) is 13.2. The monoisotopic (exact) mass is 305 g/mol. The van der Waals surface area contributed by atoms with Gasteiger partial charge in [0.1, 0.15) is 5.82 Å². The highest BCUT2D eigenvalue weighted by atomic mass is 15.1. The molecule has 23 heavy (non-hydrogen) atoms. The van der Waals surface area contributed by atoms with Crippen LogP contribution in [0, 0.1) is 13.8 Å². The molecule has 2 N–H and O–H groups in total. The Kier molecular flexibility index (Phi) is 4.47. The summed E-state index contributed by atoms with van der Waals surface area (Å²) in [5.74, 6) is 1.39. The van der Waals surface area contributed by atoms with Gasteiger partial charge in [-0.2, -0.15) is 4.98 Å². The molecule has 5 nitrogen and oxygen atoms in total. The standard InChI is InChI=1S/C18H19N5/c1-13-4-3-5-16(10-13)22-18-21-14(2)11-17(23-18)20-12-15-6-8-19-9-7-15/h3-11H,12H2,1-2H3,(H2,20,21,22,23). The molecule has 0 radical (unpaired) electrons. The first-order valence-electron chi connectivity index (χ1n) is 7.51. The Labute approximate surface area is 135 Å². The third-order valence-corrected chi connectivity index (χ3v) is 3.35. The van der Waals surface area contributed by atoms with Gasteiger partial charge in [-0.1, -0.05) is 12.1 Å². The molecule has 3 aromatic rings. The van der Waals surface area contributed by atoms with Crippen LogP contribution in [0.25, 0.3) is 0 Å². The molecule has 5 heteroatoms. The Morgan fingerprint density at radius 2 is 1.78 bits per heavy atom. The van der Waals surface area contributed by atoms with Gasteiger partial charge in [-0.15, -0.1) is 0 Å². The zero-order valence-corrected chi connectivity index (χ0v) is 13.2. The minimum atomic E-state index is 0.591. The average molecular weight is 305 g/mol. The SMILES string of the molecule is Cc1cccc(Nc2nc(C)cc(NCc3ccncc3)n2)c1. The molecule has 0 aliphatic rings. The summed E-state index contributed by atoms with van der Waals surface area (Å²) in [5.41, 5.74) is 4.24. The van der Waals surface area contributed by atoms with Gasteiger partial charge in [-0.05, 0) is 49.2 Å². The van der Waals surface area contributed by atoms with E-state index in [2.05, 4.69) is 44.6 Å². The van der Waals surface area contributed by atoms with Gasteiger partial charge < -0.3 is 10.6 Å². The van der Waals surface area contributed by atoms with Gasteiger partial charge in [0.25, 0.3) is 0 Å². The van der Waals surface area contributed by atoms with Crippen molar-refractivity contribution in [2.24, 2.45) is 0 Å². The van der Waals surface area contributed by atoms with Gasteiger partial charge in [0.05, 0.1) is 0 Å². The molecular weight excluding hydrogens is 286 g/mol. The second kappa shape index (κ2) is 6.87. The molecule has 2 heterocycles. The number of nitrogens with one attached hydrogen (secondary N) is 2. The molecule has 0 saturated carbocycles. The van der Waals surface area contributed by atoms with Gasteiger partial charge in [0, 0.05) is 36.4 Å². The fourth-order valence-corrected chi connectivity index (χ4v) is 2.26. The highest BCUT2D eigenvalue weighted by molar-refractivity contribution is 5.56. The first-order chi connectivity index (χ1) is 11.2. The summed E-state index contributed by atoms with van der Waals surface area (Å²) in [7, 11) is 0. The molecule has 0 aliphatic heterocycles. The number of hydrogen-bond donors (Lipinski definition) is 2. The van der Waals surface area contributed by atoms with E-state index in [4.69, 9.17) is 0 Å². The molecule has 0 amide bonds. The van der Waals surface area contributed by atoms with Crippen molar-refractivity contribution < 1.29 is 0 Å². The van der Waals surface area contributed by atoms with Crippen molar-refractivity contribution in [3.8, 4) is 0 Å². The molecular formula is C18H19N5. The lowest BCUT2D eigenvalue weighted by Crippen LogP contribution is -2.05. The molecule has 0 saturated heterocycles. The maximum absolute atomic E-state index is 4.52. The minimum absolute atomic E-state index is 0.591. The second-order valence-corrected chi connectivity index (χ2v) is 5.42. The van der Waals surface area contributed by atoms with E-state index >= 15 is 0 Å². The van der Waals surface area contributed by atoms with Crippen molar-refractivity contribution in [3.05, 3.63) is 71.7 Å². The smallest absolute Gasteiger partial charge is 0.229 e. The largest absolute Gasteiger partial charge is 0.366 e. The van der Waals surface area contributed by atoms with Crippen molar-refractivity contribution in [2.75, 3.05) is 10.6 Å². The fourth-order valence-electron chi connectivity index (χ4n) is 2.26. The van der Waals surface area contributed by atoms with Crippen molar-refractivity contribution in [1.82, 2.24) is 15.0 Å². The van der Waals surface area contributed by atoms with Gasteiger partial charge in [-0.25, -0.2) is 4.98 Å². The van der Waals surface area contributed by atoms with Crippen molar-refractivity contribution in [1.29, 1.82) is 0 Å². The first kappa shape index (κ1) is 15.0. The number of benzene rings is 1. The molecule has 0 aliphatic carbocycles. The van der Waals surface area contributed by atoms with Crippen molar-refractivity contribution in [3.63, 3.8) is 0 Å². The van der Waals surface area contributed by atoms with E-state index in [9.17, 15) is 0 Å². The maximum atomic E-state index is 4.52. The van der Waals surface area contributed by atoms with E-state index in [1.54, 1.807) is 12.4 Å². The van der Waals surface area contributed by atoms with Crippen LogP contribution in [0.4, 0.5) is 17.5 Å². The third-order valence-electron chi connectivity index (χ3n) is 3.35. The molecule has 2 aromatic heterocycles. The molecule has 0 bridgehead atoms. The van der Waals surface area contributed by atoms with Crippen LogP contribution in [0.2, 0.25) is 0 Å². The van der Waals surface area contributed by atoms with Crippen LogP contribution in [0.5, 0.6) is 0 Å². The summed E-state index contributed by atoms with van der Waals surface area (Å²) < 4.78 is 0. The summed E-state index contributed by atoms with van der Waals surface area (Å²) in [4.78, 5) is 13.0. The quantitative estimate of drug-likeness (QED) is 0.750. The van der Waals surface area contributed by atoms with Gasteiger partial charge in [0.2, 0.25) is 5.95 Å². The van der Waals surface area contributed by atoms with E-state index in [1.165, 1.54) is 5.56 Å². The Balaban J connectivity index is 1.73. The normalized spacial score (nSPS) is 10.3. The Morgan fingerprint density at radius 1 is 0.957 bits per heavy atom. The molecule has 0 atom stereocenters. The summed E-state index contributed by atoms with van der Waals surface area (Å²) >= 11 is 0. The van der Waals surface area contributed by atoms with Gasteiger partial charge >= 0.3 is 0 Å². The first-order valence-corrected chi connectivity index (χ1v) is 7.51.